The van der Waals surface area contributed by atoms with E-state index < -0.39 is 11.7 Å². The molecule has 0 aliphatic carbocycles. The molecule has 3 rings (SSSR count). The van der Waals surface area contributed by atoms with E-state index in [9.17, 15) is 14.4 Å². The minimum absolute atomic E-state index is 0.0932. The minimum Gasteiger partial charge on any atom is -0.493 e. The van der Waals surface area contributed by atoms with Crippen molar-refractivity contribution in [2.24, 2.45) is 7.05 Å². The van der Waals surface area contributed by atoms with Gasteiger partial charge in [0, 0.05) is 37.5 Å². The summed E-state index contributed by atoms with van der Waals surface area (Å²) in [4.78, 5) is 40.7. The second kappa shape index (κ2) is 10.6. The van der Waals surface area contributed by atoms with Crippen LogP contribution in [0.5, 0.6) is 5.75 Å². The molecule has 0 fully saturated rings. The zero-order valence-electron chi connectivity index (χ0n) is 19.1. The number of pyridine rings is 2. The fourth-order valence-electron chi connectivity index (χ4n) is 3.33. The van der Waals surface area contributed by atoms with Gasteiger partial charge in [-0.1, -0.05) is 12.1 Å². The maximum Gasteiger partial charge on any atom is 0.412 e. The van der Waals surface area contributed by atoms with Gasteiger partial charge in [-0.3, -0.25) is 19.5 Å². The standard InChI is InChI=1S/C24H27N3O6/c1-15(2)33-24(30)26-21-20(19-10-6-11-25-22(19)27(4)23(21)29)17-8-5-9-18(14-17)32-13-7-12-31-16(3)28/h5-6,8-11,14-15H,7,12-13H2,1-4H3,(H,26,30). The van der Waals surface area contributed by atoms with Crippen LogP contribution < -0.4 is 15.6 Å². The first-order valence-electron chi connectivity index (χ1n) is 10.6. The number of esters is 1. The fraction of sp³-hybridized carbons (Fsp3) is 0.333. The number of aryl methyl sites for hydroxylation is 1. The van der Waals surface area contributed by atoms with Crippen molar-refractivity contribution in [1.29, 1.82) is 0 Å². The molecule has 0 aliphatic rings. The number of ether oxygens (including phenoxy) is 3. The molecule has 9 heteroatoms. The molecule has 2 aromatic heterocycles. The van der Waals surface area contributed by atoms with Gasteiger partial charge >= 0.3 is 12.1 Å². The Kier molecular flexibility index (Phi) is 7.66. The summed E-state index contributed by atoms with van der Waals surface area (Å²) in [5.41, 5.74) is 1.35. The van der Waals surface area contributed by atoms with E-state index in [1.54, 1.807) is 51.4 Å². The van der Waals surface area contributed by atoms with Crippen molar-refractivity contribution in [2.45, 2.75) is 33.3 Å². The molecule has 0 unspecified atom stereocenters. The predicted molar refractivity (Wildman–Crippen MR) is 124 cm³/mol. The van der Waals surface area contributed by atoms with Crippen LogP contribution >= 0.6 is 0 Å². The van der Waals surface area contributed by atoms with Gasteiger partial charge in [-0.2, -0.15) is 0 Å². The first-order valence-corrected chi connectivity index (χ1v) is 10.6. The fourth-order valence-corrected chi connectivity index (χ4v) is 3.33. The van der Waals surface area contributed by atoms with Gasteiger partial charge in [0.25, 0.3) is 5.56 Å². The molecule has 0 saturated carbocycles. The number of anilines is 1. The quantitative estimate of drug-likeness (QED) is 0.407. The molecule has 174 valence electrons. The smallest absolute Gasteiger partial charge is 0.412 e. The molecule has 1 amide bonds. The highest BCUT2D eigenvalue weighted by molar-refractivity contribution is 6.03. The van der Waals surface area contributed by atoms with E-state index in [4.69, 9.17) is 14.2 Å². The van der Waals surface area contributed by atoms with E-state index in [0.29, 0.717) is 40.9 Å². The van der Waals surface area contributed by atoms with E-state index in [-0.39, 0.29) is 24.4 Å². The van der Waals surface area contributed by atoms with E-state index >= 15 is 0 Å². The molecule has 0 radical (unpaired) electrons. The monoisotopic (exact) mass is 453 g/mol. The predicted octanol–water partition coefficient (Wildman–Crippen LogP) is 3.89. The van der Waals surface area contributed by atoms with Gasteiger partial charge in [0.15, 0.2) is 0 Å². The molecule has 0 spiro atoms. The van der Waals surface area contributed by atoms with Gasteiger partial charge < -0.3 is 14.2 Å². The number of fused-ring (bicyclic) bond motifs is 1. The largest absolute Gasteiger partial charge is 0.493 e. The molecule has 1 aromatic carbocycles. The number of aromatic nitrogens is 2. The number of hydrogen-bond donors (Lipinski definition) is 1. The van der Waals surface area contributed by atoms with Crippen molar-refractivity contribution in [3.8, 4) is 16.9 Å². The van der Waals surface area contributed by atoms with Crippen molar-refractivity contribution >= 4 is 28.8 Å². The van der Waals surface area contributed by atoms with Gasteiger partial charge in [-0.05, 0) is 43.7 Å². The molecular weight excluding hydrogens is 426 g/mol. The molecular formula is C24H27N3O6. The Morgan fingerprint density at radius 3 is 2.67 bits per heavy atom. The summed E-state index contributed by atoms with van der Waals surface area (Å²) in [7, 11) is 1.60. The van der Waals surface area contributed by atoms with Crippen molar-refractivity contribution in [3.63, 3.8) is 0 Å². The molecule has 1 N–H and O–H groups in total. The van der Waals surface area contributed by atoms with Crippen LogP contribution in [0, 0.1) is 0 Å². The average Bonchev–Trinajstić information content (AvgIpc) is 2.76. The number of rotatable bonds is 8. The molecule has 2 heterocycles. The van der Waals surface area contributed by atoms with Crippen LogP contribution in [0.4, 0.5) is 10.5 Å². The average molecular weight is 453 g/mol. The van der Waals surface area contributed by atoms with Crippen LogP contribution in [-0.2, 0) is 21.3 Å². The van der Waals surface area contributed by atoms with Crippen LogP contribution in [0.2, 0.25) is 0 Å². The molecule has 9 nitrogen and oxygen atoms in total. The summed E-state index contributed by atoms with van der Waals surface area (Å²) in [6.07, 6.45) is 1.08. The molecule has 0 aliphatic heterocycles. The Balaban J connectivity index is 2.01. The van der Waals surface area contributed by atoms with E-state index in [1.807, 2.05) is 12.1 Å². The van der Waals surface area contributed by atoms with Crippen LogP contribution in [-0.4, -0.2) is 40.9 Å². The van der Waals surface area contributed by atoms with Crippen LogP contribution in [0.25, 0.3) is 22.2 Å². The van der Waals surface area contributed by atoms with Gasteiger partial charge in [0.1, 0.15) is 17.1 Å². The van der Waals surface area contributed by atoms with E-state index in [0.717, 1.165) is 0 Å². The summed E-state index contributed by atoms with van der Waals surface area (Å²) >= 11 is 0. The van der Waals surface area contributed by atoms with Gasteiger partial charge in [-0.15, -0.1) is 0 Å². The maximum absolute atomic E-state index is 13.2. The number of carbonyl (C=O) groups excluding carboxylic acids is 2. The highest BCUT2D eigenvalue weighted by Crippen LogP contribution is 2.34. The summed E-state index contributed by atoms with van der Waals surface area (Å²) in [5, 5.41) is 3.31. The molecule has 0 atom stereocenters. The number of benzene rings is 1. The normalized spacial score (nSPS) is 10.8. The Morgan fingerprint density at radius 1 is 1.15 bits per heavy atom. The van der Waals surface area contributed by atoms with Gasteiger partial charge in [0.2, 0.25) is 0 Å². The Labute approximate surface area is 191 Å². The zero-order valence-corrected chi connectivity index (χ0v) is 19.1. The maximum atomic E-state index is 13.2. The first kappa shape index (κ1) is 23.8. The lowest BCUT2D eigenvalue weighted by Gasteiger charge is -2.17. The number of hydrogen-bond acceptors (Lipinski definition) is 7. The Hall–Kier alpha value is -3.88. The van der Waals surface area contributed by atoms with E-state index in [1.165, 1.54) is 11.5 Å². The summed E-state index contributed by atoms with van der Waals surface area (Å²) < 4.78 is 17.3. The van der Waals surface area contributed by atoms with Crippen LogP contribution in [0.3, 0.4) is 0 Å². The molecule has 3 aromatic rings. The van der Waals surface area contributed by atoms with Gasteiger partial charge in [0.05, 0.1) is 19.3 Å². The topological polar surface area (TPSA) is 109 Å². The van der Waals surface area contributed by atoms with Gasteiger partial charge in [-0.25, -0.2) is 9.78 Å². The van der Waals surface area contributed by atoms with Crippen molar-refractivity contribution in [1.82, 2.24) is 9.55 Å². The Morgan fingerprint density at radius 2 is 1.94 bits per heavy atom. The molecule has 0 bridgehead atoms. The number of carbonyl (C=O) groups is 2. The van der Waals surface area contributed by atoms with Crippen molar-refractivity contribution in [3.05, 3.63) is 52.9 Å². The highest BCUT2D eigenvalue weighted by atomic mass is 16.6. The van der Waals surface area contributed by atoms with Crippen LogP contribution in [0.15, 0.2) is 47.4 Å². The lowest BCUT2D eigenvalue weighted by molar-refractivity contribution is -0.141. The Bertz CT molecular complexity index is 1220. The third kappa shape index (κ3) is 5.88. The first-order chi connectivity index (χ1) is 15.8. The lowest BCUT2D eigenvalue weighted by Crippen LogP contribution is -2.27. The number of nitrogens with one attached hydrogen (secondary N) is 1. The van der Waals surface area contributed by atoms with Crippen LogP contribution in [0.1, 0.15) is 27.2 Å². The third-order valence-corrected chi connectivity index (χ3v) is 4.70. The minimum atomic E-state index is -0.718. The zero-order chi connectivity index (χ0) is 24.0. The lowest BCUT2D eigenvalue weighted by atomic mass is 10.00. The highest BCUT2D eigenvalue weighted by Gasteiger charge is 2.20. The summed E-state index contributed by atoms with van der Waals surface area (Å²) in [6.45, 7) is 5.43. The van der Waals surface area contributed by atoms with Crippen molar-refractivity contribution < 1.29 is 23.8 Å². The summed E-state index contributed by atoms with van der Waals surface area (Å²) in [6, 6.07) is 10.8. The number of amides is 1. The molecule has 33 heavy (non-hydrogen) atoms. The SMILES string of the molecule is CC(=O)OCCCOc1cccc(-c2c(NC(=O)OC(C)C)c(=O)n(C)c3ncccc23)c1. The summed E-state index contributed by atoms with van der Waals surface area (Å²) in [5.74, 6) is 0.239. The second-order valence-corrected chi connectivity index (χ2v) is 7.64. The van der Waals surface area contributed by atoms with Crippen molar-refractivity contribution in [2.75, 3.05) is 18.5 Å². The third-order valence-electron chi connectivity index (χ3n) is 4.70. The molecule has 0 saturated heterocycles. The number of nitrogens with zero attached hydrogens (tertiary/aromatic N) is 2. The van der Waals surface area contributed by atoms with E-state index in [2.05, 4.69) is 10.3 Å². The second-order valence-electron chi connectivity index (χ2n) is 7.64.